The number of hydrogen-bond donors (Lipinski definition) is 2. The number of anilines is 1. The first-order valence-corrected chi connectivity index (χ1v) is 6.15. The molecule has 0 amide bonds. The first-order valence-electron chi connectivity index (χ1n) is 5.74. The summed E-state index contributed by atoms with van der Waals surface area (Å²) in [6.45, 7) is 5.17. The highest BCUT2D eigenvalue weighted by atomic mass is 32.1. The Morgan fingerprint density at radius 2 is 2.25 bits per heavy atom. The lowest BCUT2D eigenvalue weighted by Crippen LogP contribution is -2.29. The van der Waals surface area contributed by atoms with Crippen LogP contribution in [0.4, 0.5) is 5.69 Å². The molecule has 0 fully saturated rings. The van der Waals surface area contributed by atoms with Gasteiger partial charge < -0.3 is 10.6 Å². The van der Waals surface area contributed by atoms with E-state index >= 15 is 0 Å². The SMILES string of the molecule is CCCCNC(=S)Nc1cn(C)nc1CC. The molecule has 0 spiro atoms. The molecule has 4 nitrogen and oxygen atoms in total. The summed E-state index contributed by atoms with van der Waals surface area (Å²) in [5.41, 5.74) is 2.04. The third-order valence-electron chi connectivity index (χ3n) is 2.30. The Balaban J connectivity index is 2.48. The van der Waals surface area contributed by atoms with Gasteiger partial charge in [-0.25, -0.2) is 0 Å². The van der Waals surface area contributed by atoms with E-state index in [1.54, 1.807) is 4.68 Å². The molecule has 0 saturated heterocycles. The molecule has 90 valence electrons. The van der Waals surface area contributed by atoms with Crippen molar-refractivity contribution in [1.29, 1.82) is 0 Å². The van der Waals surface area contributed by atoms with Crippen LogP contribution in [0.25, 0.3) is 0 Å². The zero-order valence-corrected chi connectivity index (χ0v) is 11.0. The summed E-state index contributed by atoms with van der Waals surface area (Å²) in [5.74, 6) is 0. The Labute approximate surface area is 102 Å². The van der Waals surface area contributed by atoms with Gasteiger partial charge in [-0.2, -0.15) is 5.10 Å². The van der Waals surface area contributed by atoms with Gasteiger partial charge in [-0.05, 0) is 25.1 Å². The minimum atomic E-state index is 0.677. The van der Waals surface area contributed by atoms with E-state index in [0.717, 1.165) is 30.8 Å². The minimum absolute atomic E-state index is 0.677. The third kappa shape index (κ3) is 3.81. The maximum absolute atomic E-state index is 5.21. The predicted octanol–water partition coefficient (Wildman–Crippen LogP) is 2.07. The van der Waals surface area contributed by atoms with Crippen molar-refractivity contribution in [2.24, 2.45) is 7.05 Å². The van der Waals surface area contributed by atoms with Crippen LogP contribution in [-0.4, -0.2) is 21.4 Å². The highest BCUT2D eigenvalue weighted by Crippen LogP contribution is 2.13. The highest BCUT2D eigenvalue weighted by molar-refractivity contribution is 7.80. The van der Waals surface area contributed by atoms with E-state index in [1.165, 1.54) is 6.42 Å². The van der Waals surface area contributed by atoms with Gasteiger partial charge in [0.05, 0.1) is 11.4 Å². The summed E-state index contributed by atoms with van der Waals surface area (Å²) in [6, 6.07) is 0. The number of aromatic nitrogens is 2. The third-order valence-corrected chi connectivity index (χ3v) is 2.55. The van der Waals surface area contributed by atoms with Gasteiger partial charge in [0.1, 0.15) is 0 Å². The van der Waals surface area contributed by atoms with Crippen LogP contribution in [0.3, 0.4) is 0 Å². The molecule has 0 aliphatic rings. The molecule has 0 saturated carbocycles. The van der Waals surface area contributed by atoms with Gasteiger partial charge in [0.15, 0.2) is 5.11 Å². The Bertz CT molecular complexity index is 346. The average Bonchev–Trinajstić information content (AvgIpc) is 2.59. The molecule has 1 aromatic rings. The van der Waals surface area contributed by atoms with Crippen LogP contribution >= 0.6 is 12.2 Å². The number of thiocarbonyl (C=S) groups is 1. The normalized spacial score (nSPS) is 10.2. The highest BCUT2D eigenvalue weighted by Gasteiger charge is 2.06. The van der Waals surface area contributed by atoms with Crippen LogP contribution in [0.5, 0.6) is 0 Å². The molecular formula is C11H20N4S. The summed E-state index contributed by atoms with van der Waals surface area (Å²) in [4.78, 5) is 0. The monoisotopic (exact) mass is 240 g/mol. The van der Waals surface area contributed by atoms with Crippen molar-refractivity contribution in [1.82, 2.24) is 15.1 Å². The van der Waals surface area contributed by atoms with Crippen molar-refractivity contribution in [3.05, 3.63) is 11.9 Å². The lowest BCUT2D eigenvalue weighted by molar-refractivity contribution is 0.746. The topological polar surface area (TPSA) is 41.9 Å². The van der Waals surface area contributed by atoms with E-state index in [1.807, 2.05) is 13.2 Å². The quantitative estimate of drug-likeness (QED) is 0.611. The van der Waals surface area contributed by atoms with Crippen LogP contribution in [0.15, 0.2) is 6.20 Å². The minimum Gasteiger partial charge on any atom is -0.362 e. The zero-order valence-electron chi connectivity index (χ0n) is 10.2. The van der Waals surface area contributed by atoms with Gasteiger partial charge in [-0.3, -0.25) is 4.68 Å². The lowest BCUT2D eigenvalue weighted by atomic mass is 10.3. The van der Waals surface area contributed by atoms with E-state index in [2.05, 4.69) is 29.6 Å². The molecule has 0 aliphatic carbocycles. The van der Waals surface area contributed by atoms with Crippen LogP contribution < -0.4 is 10.6 Å². The fourth-order valence-corrected chi connectivity index (χ4v) is 1.66. The predicted molar refractivity (Wildman–Crippen MR) is 71.7 cm³/mol. The van der Waals surface area contributed by atoms with Gasteiger partial charge in [-0.1, -0.05) is 20.3 Å². The maximum atomic E-state index is 5.21. The fourth-order valence-electron chi connectivity index (χ4n) is 1.45. The van der Waals surface area contributed by atoms with Gasteiger partial charge in [0.25, 0.3) is 0 Å². The van der Waals surface area contributed by atoms with Crippen LogP contribution in [0.2, 0.25) is 0 Å². The van der Waals surface area contributed by atoms with Crippen molar-refractivity contribution >= 4 is 23.0 Å². The standard InChI is InChI=1S/C11H20N4S/c1-4-6-7-12-11(16)13-10-8-15(3)14-9(10)5-2/h8H,4-7H2,1-3H3,(H2,12,13,16). The Hall–Kier alpha value is -1.10. The number of aryl methyl sites for hydroxylation is 2. The van der Waals surface area contributed by atoms with Gasteiger partial charge >= 0.3 is 0 Å². The average molecular weight is 240 g/mol. The number of rotatable bonds is 5. The first kappa shape index (κ1) is 13.0. The first-order chi connectivity index (χ1) is 7.67. The molecule has 1 rings (SSSR count). The molecule has 0 aromatic carbocycles. The number of nitrogens with one attached hydrogen (secondary N) is 2. The summed E-state index contributed by atoms with van der Waals surface area (Å²) in [7, 11) is 1.91. The number of hydrogen-bond acceptors (Lipinski definition) is 2. The van der Waals surface area contributed by atoms with E-state index in [0.29, 0.717) is 5.11 Å². The molecule has 2 N–H and O–H groups in total. The van der Waals surface area contributed by atoms with E-state index < -0.39 is 0 Å². The van der Waals surface area contributed by atoms with Crippen molar-refractivity contribution in [3.8, 4) is 0 Å². The summed E-state index contributed by atoms with van der Waals surface area (Å²) >= 11 is 5.21. The Kier molecular flexibility index (Phi) is 5.25. The summed E-state index contributed by atoms with van der Waals surface area (Å²) < 4.78 is 1.80. The second-order valence-corrected chi connectivity index (χ2v) is 4.16. The summed E-state index contributed by atoms with van der Waals surface area (Å²) in [6.07, 6.45) is 5.16. The molecule has 0 aliphatic heterocycles. The van der Waals surface area contributed by atoms with Gasteiger partial charge in [0, 0.05) is 19.8 Å². The molecule has 1 aromatic heterocycles. The second-order valence-electron chi connectivity index (χ2n) is 3.75. The van der Waals surface area contributed by atoms with E-state index in [4.69, 9.17) is 12.2 Å². The van der Waals surface area contributed by atoms with E-state index in [9.17, 15) is 0 Å². The smallest absolute Gasteiger partial charge is 0.170 e. The molecule has 0 bridgehead atoms. The molecule has 0 radical (unpaired) electrons. The van der Waals surface area contributed by atoms with Crippen LogP contribution in [0, 0.1) is 0 Å². The van der Waals surface area contributed by atoms with Crippen molar-refractivity contribution in [3.63, 3.8) is 0 Å². The fraction of sp³-hybridized carbons (Fsp3) is 0.636. The molecular weight excluding hydrogens is 220 g/mol. The lowest BCUT2D eigenvalue weighted by Gasteiger charge is -2.09. The van der Waals surface area contributed by atoms with E-state index in [-0.39, 0.29) is 0 Å². The zero-order chi connectivity index (χ0) is 12.0. The van der Waals surface area contributed by atoms with Gasteiger partial charge in [0.2, 0.25) is 0 Å². The second kappa shape index (κ2) is 6.48. The Morgan fingerprint density at radius 3 is 2.88 bits per heavy atom. The Morgan fingerprint density at radius 1 is 1.50 bits per heavy atom. The van der Waals surface area contributed by atoms with Gasteiger partial charge in [-0.15, -0.1) is 0 Å². The number of nitrogens with zero attached hydrogens (tertiary/aromatic N) is 2. The van der Waals surface area contributed by atoms with Crippen LogP contribution in [-0.2, 0) is 13.5 Å². The molecule has 1 heterocycles. The molecule has 0 unspecified atom stereocenters. The van der Waals surface area contributed by atoms with Crippen LogP contribution in [0.1, 0.15) is 32.4 Å². The van der Waals surface area contributed by atoms with Crippen molar-refractivity contribution in [2.45, 2.75) is 33.1 Å². The largest absolute Gasteiger partial charge is 0.362 e. The number of unbranched alkanes of at least 4 members (excludes halogenated alkanes) is 1. The molecule has 16 heavy (non-hydrogen) atoms. The van der Waals surface area contributed by atoms with Crippen molar-refractivity contribution < 1.29 is 0 Å². The molecule has 5 heteroatoms. The summed E-state index contributed by atoms with van der Waals surface area (Å²) in [5, 5.41) is 11.4. The maximum Gasteiger partial charge on any atom is 0.170 e. The van der Waals surface area contributed by atoms with Crippen molar-refractivity contribution in [2.75, 3.05) is 11.9 Å². The molecule has 0 atom stereocenters.